The summed E-state index contributed by atoms with van der Waals surface area (Å²) in [5.74, 6) is 2.20. The Bertz CT molecular complexity index is 690. The molecule has 0 aliphatic carbocycles. The van der Waals surface area contributed by atoms with Gasteiger partial charge < -0.3 is 10.1 Å². The number of ether oxygens (including phenoxy) is 1. The molecule has 1 saturated heterocycles. The topological polar surface area (TPSA) is 60.9 Å². The Kier molecular flexibility index (Phi) is 4.81. The van der Waals surface area contributed by atoms with Crippen molar-refractivity contribution >= 4 is 6.34 Å². The van der Waals surface area contributed by atoms with E-state index in [1.165, 1.54) is 18.4 Å². The molecule has 0 radical (unpaired) electrons. The van der Waals surface area contributed by atoms with E-state index in [-0.39, 0.29) is 6.04 Å². The molecular weight excluding hydrogens is 314 g/mol. The van der Waals surface area contributed by atoms with Crippen LogP contribution in [0.2, 0.25) is 0 Å². The average Bonchev–Trinajstić information content (AvgIpc) is 3.19. The van der Waals surface area contributed by atoms with Crippen LogP contribution in [0.4, 0.5) is 0 Å². The fourth-order valence-electron chi connectivity index (χ4n) is 3.49. The number of hydrazine groups is 2. The van der Waals surface area contributed by atoms with Crippen molar-refractivity contribution in [1.82, 2.24) is 21.4 Å². The van der Waals surface area contributed by atoms with E-state index in [1.54, 1.807) is 6.34 Å². The van der Waals surface area contributed by atoms with Crippen LogP contribution >= 0.6 is 0 Å². The second kappa shape index (κ2) is 7.55. The molecule has 130 valence electrons. The van der Waals surface area contributed by atoms with Gasteiger partial charge in [0.25, 0.3) is 0 Å². The van der Waals surface area contributed by atoms with Gasteiger partial charge >= 0.3 is 0 Å². The summed E-state index contributed by atoms with van der Waals surface area (Å²) in [6.45, 7) is 2.11. The Morgan fingerprint density at radius 3 is 2.52 bits per heavy atom. The Hall–Kier alpha value is -2.57. The molecule has 0 spiro atoms. The van der Waals surface area contributed by atoms with E-state index < -0.39 is 0 Å². The lowest BCUT2D eigenvalue weighted by Gasteiger charge is -2.36. The van der Waals surface area contributed by atoms with E-state index in [2.05, 4.69) is 33.5 Å². The summed E-state index contributed by atoms with van der Waals surface area (Å²) in [7, 11) is 0. The largest absolute Gasteiger partial charge is 0.457 e. The number of hydrogen-bond acceptors (Lipinski definition) is 6. The first-order valence-electron chi connectivity index (χ1n) is 8.76. The quantitative estimate of drug-likeness (QED) is 0.783. The molecule has 6 heteroatoms. The lowest BCUT2D eigenvalue weighted by Crippen LogP contribution is -2.48. The lowest BCUT2D eigenvalue weighted by molar-refractivity contribution is 0.0599. The minimum Gasteiger partial charge on any atom is -0.457 e. The maximum Gasteiger partial charge on any atom is 0.127 e. The van der Waals surface area contributed by atoms with Gasteiger partial charge in [0.1, 0.15) is 17.8 Å². The molecule has 1 fully saturated rings. The van der Waals surface area contributed by atoms with Gasteiger partial charge in [-0.2, -0.15) is 5.10 Å². The number of nitrogens with zero attached hydrogens (tertiary/aromatic N) is 2. The summed E-state index contributed by atoms with van der Waals surface area (Å²) < 4.78 is 5.90. The van der Waals surface area contributed by atoms with Gasteiger partial charge in [0, 0.05) is 0 Å². The van der Waals surface area contributed by atoms with Crippen molar-refractivity contribution < 1.29 is 4.74 Å². The SMILES string of the molecule is C1=NNN(C(c2ccc(Oc3ccccc3)cc2)[C@H]2CCCNC2)N1. The highest BCUT2D eigenvalue weighted by atomic mass is 16.5. The molecule has 1 unspecified atom stereocenters. The first-order chi connectivity index (χ1) is 12.4. The van der Waals surface area contributed by atoms with Crippen molar-refractivity contribution in [1.29, 1.82) is 0 Å². The molecule has 2 aromatic rings. The van der Waals surface area contributed by atoms with Gasteiger partial charge in [-0.3, -0.25) is 5.43 Å². The summed E-state index contributed by atoms with van der Waals surface area (Å²) in [6, 6.07) is 18.4. The van der Waals surface area contributed by atoms with Crippen molar-refractivity contribution in [2.75, 3.05) is 13.1 Å². The zero-order valence-corrected chi connectivity index (χ0v) is 14.1. The van der Waals surface area contributed by atoms with Gasteiger partial charge in [0.05, 0.1) is 6.04 Å². The minimum absolute atomic E-state index is 0.195. The number of hydrogen-bond donors (Lipinski definition) is 3. The van der Waals surface area contributed by atoms with Gasteiger partial charge in [-0.25, -0.2) is 5.53 Å². The summed E-state index contributed by atoms with van der Waals surface area (Å²) in [5, 5.41) is 9.56. The summed E-state index contributed by atoms with van der Waals surface area (Å²) in [5.41, 5.74) is 7.45. The summed E-state index contributed by atoms with van der Waals surface area (Å²) in [6.07, 6.45) is 4.07. The number of piperidine rings is 1. The number of benzene rings is 2. The van der Waals surface area contributed by atoms with Crippen LogP contribution in [0, 0.1) is 5.92 Å². The van der Waals surface area contributed by atoms with E-state index in [0.29, 0.717) is 5.92 Å². The Labute approximate surface area is 147 Å². The Morgan fingerprint density at radius 2 is 1.84 bits per heavy atom. The standard InChI is InChI=1S/C19H23N5O/c1-2-6-17(7-3-1)25-18-10-8-15(9-11-18)19(24-22-14-21-23-24)16-5-4-12-20-13-16/h1-3,6-11,14,16,19-20,23H,4-5,12-13H2,(H,21,22)/t16-,19?/m0/s1. The Morgan fingerprint density at radius 1 is 1.04 bits per heavy atom. The highest BCUT2D eigenvalue weighted by Gasteiger charge is 2.31. The van der Waals surface area contributed by atoms with Crippen molar-refractivity contribution in [2.24, 2.45) is 11.0 Å². The van der Waals surface area contributed by atoms with Gasteiger partial charge in [0.2, 0.25) is 0 Å². The number of para-hydroxylation sites is 1. The zero-order valence-electron chi connectivity index (χ0n) is 14.1. The van der Waals surface area contributed by atoms with Gasteiger partial charge in [-0.1, -0.05) is 30.3 Å². The van der Waals surface area contributed by atoms with E-state index in [0.717, 1.165) is 24.6 Å². The van der Waals surface area contributed by atoms with Gasteiger partial charge in [-0.05, 0) is 61.7 Å². The molecule has 25 heavy (non-hydrogen) atoms. The van der Waals surface area contributed by atoms with Crippen LogP contribution in [-0.4, -0.2) is 24.5 Å². The molecule has 2 atom stereocenters. The van der Waals surface area contributed by atoms with Crippen LogP contribution in [0.1, 0.15) is 24.4 Å². The first kappa shape index (κ1) is 15.9. The molecule has 0 bridgehead atoms. The molecule has 6 nitrogen and oxygen atoms in total. The fourth-order valence-corrected chi connectivity index (χ4v) is 3.49. The van der Waals surface area contributed by atoms with Gasteiger partial charge in [0.15, 0.2) is 0 Å². The third kappa shape index (κ3) is 3.75. The van der Waals surface area contributed by atoms with Crippen molar-refractivity contribution in [3.05, 3.63) is 60.2 Å². The molecule has 0 saturated carbocycles. The first-order valence-corrected chi connectivity index (χ1v) is 8.76. The highest BCUT2D eigenvalue weighted by Crippen LogP contribution is 2.33. The van der Waals surface area contributed by atoms with Crippen LogP contribution in [0.15, 0.2) is 59.7 Å². The molecule has 0 amide bonds. The summed E-state index contributed by atoms with van der Waals surface area (Å²) >= 11 is 0. The monoisotopic (exact) mass is 337 g/mol. The van der Waals surface area contributed by atoms with E-state index >= 15 is 0 Å². The molecule has 2 heterocycles. The van der Waals surface area contributed by atoms with Crippen LogP contribution < -0.4 is 21.0 Å². The van der Waals surface area contributed by atoms with Gasteiger partial charge in [-0.15, -0.1) is 5.12 Å². The van der Waals surface area contributed by atoms with Crippen LogP contribution in [-0.2, 0) is 0 Å². The maximum absolute atomic E-state index is 5.90. The smallest absolute Gasteiger partial charge is 0.127 e. The number of rotatable bonds is 5. The Balaban J connectivity index is 1.52. The minimum atomic E-state index is 0.195. The second-order valence-corrected chi connectivity index (χ2v) is 6.39. The fraction of sp³-hybridized carbons (Fsp3) is 0.316. The third-order valence-corrected chi connectivity index (χ3v) is 4.69. The molecular formula is C19H23N5O. The highest BCUT2D eigenvalue weighted by molar-refractivity contribution is 5.54. The lowest BCUT2D eigenvalue weighted by atomic mass is 9.87. The van der Waals surface area contributed by atoms with Crippen molar-refractivity contribution in [2.45, 2.75) is 18.9 Å². The van der Waals surface area contributed by atoms with Crippen LogP contribution in [0.5, 0.6) is 11.5 Å². The molecule has 3 N–H and O–H groups in total. The van der Waals surface area contributed by atoms with Crippen molar-refractivity contribution in [3.8, 4) is 11.5 Å². The van der Waals surface area contributed by atoms with E-state index in [4.69, 9.17) is 4.74 Å². The molecule has 2 aliphatic heterocycles. The maximum atomic E-state index is 5.90. The van der Waals surface area contributed by atoms with E-state index in [1.807, 2.05) is 47.6 Å². The predicted octanol–water partition coefficient (Wildman–Crippen LogP) is 2.79. The average molecular weight is 337 g/mol. The number of hydrazone groups is 1. The third-order valence-electron chi connectivity index (χ3n) is 4.69. The number of nitrogens with one attached hydrogen (secondary N) is 3. The van der Waals surface area contributed by atoms with E-state index in [9.17, 15) is 0 Å². The normalized spacial score (nSPS) is 21.4. The predicted molar refractivity (Wildman–Crippen MR) is 97.9 cm³/mol. The van der Waals surface area contributed by atoms with Crippen LogP contribution in [0.25, 0.3) is 0 Å². The second-order valence-electron chi connectivity index (χ2n) is 6.39. The molecule has 2 aliphatic rings. The molecule has 2 aromatic carbocycles. The zero-order chi connectivity index (χ0) is 16.9. The summed E-state index contributed by atoms with van der Waals surface area (Å²) in [4.78, 5) is 0. The molecule has 4 rings (SSSR count). The van der Waals surface area contributed by atoms with Crippen molar-refractivity contribution in [3.63, 3.8) is 0 Å². The molecule has 0 aromatic heterocycles. The van der Waals surface area contributed by atoms with Crippen LogP contribution in [0.3, 0.4) is 0 Å².